The molecule has 8 aliphatic heterocycles. The summed E-state index contributed by atoms with van der Waals surface area (Å²) in [5, 5.41) is 198. The highest BCUT2D eigenvalue weighted by molar-refractivity contribution is 5.82. The van der Waals surface area contributed by atoms with E-state index >= 15 is 0 Å². The third-order valence-electron chi connectivity index (χ3n) is 15.2. The first-order valence-corrected chi connectivity index (χ1v) is 26.5. The lowest BCUT2D eigenvalue weighted by atomic mass is 9.95. The molecule has 1 aromatic rings. The molecule has 20 N–H and O–H groups in total. The number of nitrogens with one attached hydrogen (secondary N) is 2. The standard InChI is InChI=1S/C48H74N2O32/c51-11-17-21(55)23(57)27(61)45(73-17)77-35-19(13-53)75-47(29(63)25(35)59)79-37-31(65)39-41(69)49-9-15-3-5-16(6-4-15)10-50-42(70)40-32(66)38(34(68)44(82-40)72-8-2-1-7-71-43(81-39)33(37)67)80-48-30(64)26(60)36(20(14-54)76-48)78-46-28(62)24(58)22(56)18(12-52)74-46/h3-6,17-40,43-48,51-68H,1-2,7-14H2,(H,49,69)(H,50,70)/t17-,18-,19-,20-,21+,22+,23+,24+,25-,26-,27-,28-,29-,30-,31+,32+,33-,34-,35-,36-,37+,38+,39+,40+,43+,44+,45+,46+,47+,48+/m1/s1. The molecular weight excluding hydrogens is 1120 g/mol. The molecule has 8 heterocycles. The van der Waals surface area contributed by atoms with E-state index in [0.717, 1.165) is 0 Å². The molecule has 9 rings (SSSR count). The normalized spacial score (nSPS) is 47.6. The Morgan fingerprint density at radius 1 is 0.366 bits per heavy atom. The molecule has 82 heavy (non-hydrogen) atoms. The number of carbonyl (C=O) groups is 2. The summed E-state index contributed by atoms with van der Waals surface area (Å²) in [5.41, 5.74) is 0.958. The van der Waals surface area contributed by atoms with Crippen LogP contribution in [0.5, 0.6) is 0 Å². The fraction of sp³-hybridized carbons (Fsp3) is 0.833. The van der Waals surface area contributed by atoms with E-state index in [1.165, 1.54) is 0 Å². The molecule has 8 aliphatic rings. The first-order chi connectivity index (χ1) is 39.1. The van der Waals surface area contributed by atoms with Crippen molar-refractivity contribution in [3.63, 3.8) is 0 Å². The molecule has 2 amide bonds. The predicted octanol–water partition coefficient (Wildman–Crippen LogP) is -12.3. The molecule has 0 aliphatic carbocycles. The molecule has 6 bridgehead atoms. The summed E-state index contributed by atoms with van der Waals surface area (Å²) in [6.45, 7) is -4.54. The number of hydrogen-bond donors (Lipinski definition) is 20. The quantitative estimate of drug-likeness (QED) is 0.0924. The van der Waals surface area contributed by atoms with Gasteiger partial charge in [0.15, 0.2) is 49.9 Å². The van der Waals surface area contributed by atoms with E-state index in [4.69, 9.17) is 56.8 Å². The molecule has 6 fully saturated rings. The average molecular weight is 1190 g/mol. The van der Waals surface area contributed by atoms with Gasteiger partial charge in [-0.2, -0.15) is 0 Å². The Labute approximate surface area is 465 Å². The van der Waals surface area contributed by atoms with Gasteiger partial charge in [0.25, 0.3) is 11.8 Å². The molecule has 0 aromatic heterocycles. The van der Waals surface area contributed by atoms with Crippen LogP contribution in [0.2, 0.25) is 0 Å². The maximum absolute atomic E-state index is 13.8. The number of hydrogen-bond acceptors (Lipinski definition) is 32. The van der Waals surface area contributed by atoms with Crippen LogP contribution in [0, 0.1) is 0 Å². The Kier molecular flexibility index (Phi) is 22.7. The molecule has 34 heteroatoms. The third-order valence-corrected chi connectivity index (χ3v) is 15.2. The van der Waals surface area contributed by atoms with Crippen LogP contribution >= 0.6 is 0 Å². The number of aliphatic hydroxyl groups is 18. The predicted molar refractivity (Wildman–Crippen MR) is 255 cm³/mol. The molecule has 34 nitrogen and oxygen atoms in total. The number of fused-ring (bicyclic) bond motifs is 11. The lowest BCUT2D eigenvalue weighted by Crippen LogP contribution is -2.67. The van der Waals surface area contributed by atoms with Gasteiger partial charge in [-0.1, -0.05) is 24.3 Å². The molecular formula is C48H74N2O32. The molecule has 6 saturated heterocycles. The average Bonchev–Trinajstić information content (AvgIpc) is 3.62. The van der Waals surface area contributed by atoms with Gasteiger partial charge in [-0.25, -0.2) is 0 Å². The van der Waals surface area contributed by atoms with Crippen LogP contribution in [0.15, 0.2) is 24.3 Å². The lowest BCUT2D eigenvalue weighted by molar-refractivity contribution is -0.378. The Bertz CT molecular complexity index is 2020. The van der Waals surface area contributed by atoms with E-state index in [1.54, 1.807) is 24.3 Å². The molecule has 1 aromatic carbocycles. The van der Waals surface area contributed by atoms with Gasteiger partial charge in [0.05, 0.1) is 26.4 Å². The van der Waals surface area contributed by atoms with Crippen LogP contribution in [0.4, 0.5) is 0 Å². The van der Waals surface area contributed by atoms with Crippen molar-refractivity contribution < 1.29 is 158 Å². The molecule has 468 valence electrons. The monoisotopic (exact) mass is 1190 g/mol. The zero-order valence-electron chi connectivity index (χ0n) is 43.5. The van der Waals surface area contributed by atoms with Crippen molar-refractivity contribution in [3.05, 3.63) is 35.4 Å². The summed E-state index contributed by atoms with van der Waals surface area (Å²) in [7, 11) is 0. The number of aliphatic hydroxyl groups excluding tert-OH is 18. The first-order valence-electron chi connectivity index (χ1n) is 26.5. The molecule has 0 spiro atoms. The maximum atomic E-state index is 13.8. The van der Waals surface area contributed by atoms with Crippen LogP contribution in [-0.4, -0.2) is 328 Å². The van der Waals surface area contributed by atoms with Crippen molar-refractivity contribution >= 4 is 11.8 Å². The second-order valence-electron chi connectivity index (χ2n) is 20.7. The van der Waals surface area contributed by atoms with Gasteiger partial charge < -0.3 is 159 Å². The summed E-state index contributed by atoms with van der Waals surface area (Å²) in [6, 6.07) is 6.25. The lowest BCUT2D eigenvalue weighted by Gasteiger charge is -2.48. The van der Waals surface area contributed by atoms with Crippen LogP contribution in [0.1, 0.15) is 24.0 Å². The number of rotatable bonds is 12. The van der Waals surface area contributed by atoms with Gasteiger partial charge in [-0.3, -0.25) is 9.59 Å². The third kappa shape index (κ3) is 14.0. The van der Waals surface area contributed by atoms with E-state index in [1.807, 2.05) is 0 Å². The highest BCUT2D eigenvalue weighted by Gasteiger charge is 2.57. The minimum absolute atomic E-state index is 0.0436. The van der Waals surface area contributed by atoms with Gasteiger partial charge in [0.1, 0.15) is 134 Å². The highest BCUT2D eigenvalue weighted by atomic mass is 16.8. The molecule has 0 unspecified atom stereocenters. The number of ether oxygens (including phenoxy) is 12. The van der Waals surface area contributed by atoms with E-state index in [9.17, 15) is 102 Å². The van der Waals surface area contributed by atoms with Gasteiger partial charge in [0.2, 0.25) is 0 Å². The zero-order valence-corrected chi connectivity index (χ0v) is 43.5. The Morgan fingerprint density at radius 2 is 0.671 bits per heavy atom. The second kappa shape index (κ2) is 28.6. The van der Waals surface area contributed by atoms with Gasteiger partial charge in [-0.05, 0) is 24.0 Å². The van der Waals surface area contributed by atoms with Crippen molar-refractivity contribution in [2.24, 2.45) is 0 Å². The van der Waals surface area contributed by atoms with Gasteiger partial charge in [0, 0.05) is 26.3 Å². The Hall–Kier alpha value is -3.04. The minimum atomic E-state index is -2.13. The Morgan fingerprint density at radius 3 is 1.00 bits per heavy atom. The number of benzene rings is 1. The molecule has 0 radical (unpaired) electrons. The SMILES string of the molecule is O=C1NCc2ccc(cc2)CNC(=O)[C@H]2O[C@H](OCCCCO[C@H]3O[C@H]1[C@@H](O)[C@H](O[C@@H]1O[C@H](CO)[C@@H](O[C@@H]4O[C@H](CO)[C@H](O)[C@H](O)[C@H]4O)[C@H](O)[C@H]1O)[C@H]3O)[C@H](O)[C@@H](O[C@@H]1O[C@H](CO)[C@@H](O[C@@H]3O[C@H](CO)[C@H](O)[C@H](O)[C@H]3O)[C@H](O)[C@H]1O)[C@@H]2O. The van der Waals surface area contributed by atoms with Crippen molar-refractivity contribution in [1.82, 2.24) is 10.6 Å². The van der Waals surface area contributed by atoms with Crippen molar-refractivity contribution in [2.75, 3.05) is 39.6 Å². The molecule has 30 atom stereocenters. The van der Waals surface area contributed by atoms with Crippen LogP contribution in [-0.2, 0) is 79.5 Å². The van der Waals surface area contributed by atoms with Gasteiger partial charge >= 0.3 is 0 Å². The van der Waals surface area contributed by atoms with Crippen molar-refractivity contribution in [2.45, 2.75) is 210 Å². The maximum Gasteiger partial charge on any atom is 0.252 e. The largest absolute Gasteiger partial charge is 0.394 e. The fourth-order valence-corrected chi connectivity index (χ4v) is 10.3. The van der Waals surface area contributed by atoms with E-state index in [2.05, 4.69) is 10.6 Å². The second-order valence-corrected chi connectivity index (χ2v) is 20.7. The summed E-state index contributed by atoms with van der Waals surface area (Å²) in [5.74, 6) is -1.88. The van der Waals surface area contributed by atoms with Crippen LogP contribution in [0.3, 0.4) is 0 Å². The topological polar surface area (TPSA) is 533 Å². The van der Waals surface area contributed by atoms with Gasteiger partial charge in [-0.15, -0.1) is 0 Å². The summed E-state index contributed by atoms with van der Waals surface area (Å²) < 4.78 is 68.2. The minimum Gasteiger partial charge on any atom is -0.394 e. The van der Waals surface area contributed by atoms with E-state index in [0.29, 0.717) is 11.1 Å². The number of amides is 2. The first kappa shape index (κ1) is 64.9. The van der Waals surface area contributed by atoms with Crippen molar-refractivity contribution in [3.8, 4) is 0 Å². The number of carbonyl (C=O) groups excluding carboxylic acids is 2. The smallest absolute Gasteiger partial charge is 0.252 e. The summed E-state index contributed by atoms with van der Waals surface area (Å²) >= 11 is 0. The zero-order chi connectivity index (χ0) is 59.4. The summed E-state index contributed by atoms with van der Waals surface area (Å²) in [4.78, 5) is 27.5. The van der Waals surface area contributed by atoms with E-state index in [-0.39, 0.29) is 39.1 Å². The highest BCUT2D eigenvalue weighted by Crippen LogP contribution is 2.36. The van der Waals surface area contributed by atoms with Crippen LogP contribution < -0.4 is 10.6 Å². The molecule has 0 saturated carbocycles. The van der Waals surface area contributed by atoms with Crippen LogP contribution in [0.25, 0.3) is 0 Å². The van der Waals surface area contributed by atoms with Crippen molar-refractivity contribution in [1.29, 1.82) is 0 Å². The van der Waals surface area contributed by atoms with E-state index < -0.39 is 222 Å². The fourth-order valence-electron chi connectivity index (χ4n) is 10.3. The summed E-state index contributed by atoms with van der Waals surface area (Å²) in [6.07, 6.45) is -56.0. The Balaban J connectivity index is 0.945.